The van der Waals surface area contributed by atoms with Crippen LogP contribution < -0.4 is 15.2 Å². The van der Waals surface area contributed by atoms with Crippen molar-refractivity contribution in [3.63, 3.8) is 0 Å². The molecule has 9 heteroatoms. The number of hydrogen-bond acceptors (Lipinski definition) is 3. The Morgan fingerprint density at radius 2 is 1.57 bits per heavy atom. The molecule has 0 saturated carbocycles. The van der Waals surface area contributed by atoms with Gasteiger partial charge in [-0.05, 0) is 29.8 Å². The van der Waals surface area contributed by atoms with Crippen LogP contribution in [-0.4, -0.2) is 6.36 Å². The van der Waals surface area contributed by atoms with E-state index in [1.54, 1.807) is 12.1 Å². The smallest absolute Gasteiger partial charge is 0.454 e. The van der Waals surface area contributed by atoms with Crippen molar-refractivity contribution in [1.29, 1.82) is 0 Å². The van der Waals surface area contributed by atoms with Crippen molar-refractivity contribution in [2.24, 2.45) is 5.73 Å². The standard InChI is InChI=1S/C14H10Cl2F3NO2.ClH/c15-11-4-8(7-20)5-12(16)13(11)21-9-2-1-3-10(6-9)22-14(17,18)19;/h1-6H,7,20H2;1H. The van der Waals surface area contributed by atoms with Crippen LogP contribution in [0.5, 0.6) is 17.2 Å². The maximum atomic E-state index is 12.2. The van der Waals surface area contributed by atoms with Crippen molar-refractivity contribution in [2.75, 3.05) is 0 Å². The molecule has 0 aromatic heterocycles. The van der Waals surface area contributed by atoms with Gasteiger partial charge in [0, 0.05) is 12.6 Å². The fourth-order valence-electron chi connectivity index (χ4n) is 1.68. The number of nitrogens with two attached hydrogens (primary N) is 1. The average Bonchev–Trinajstić information content (AvgIpc) is 2.41. The van der Waals surface area contributed by atoms with E-state index in [1.165, 1.54) is 12.1 Å². The van der Waals surface area contributed by atoms with Gasteiger partial charge in [-0.25, -0.2) is 0 Å². The summed E-state index contributed by atoms with van der Waals surface area (Å²) < 4.78 is 45.8. The van der Waals surface area contributed by atoms with Crippen LogP contribution in [0.15, 0.2) is 36.4 Å². The molecular formula is C14H11Cl3F3NO2. The van der Waals surface area contributed by atoms with Crippen molar-refractivity contribution in [2.45, 2.75) is 12.9 Å². The van der Waals surface area contributed by atoms with Crippen LogP contribution in [0.25, 0.3) is 0 Å². The zero-order chi connectivity index (χ0) is 16.3. The van der Waals surface area contributed by atoms with Crippen LogP contribution in [-0.2, 0) is 6.54 Å². The van der Waals surface area contributed by atoms with Crippen molar-refractivity contribution in [3.8, 4) is 17.2 Å². The molecule has 0 aliphatic heterocycles. The van der Waals surface area contributed by atoms with Gasteiger partial charge in [0.1, 0.15) is 11.5 Å². The summed E-state index contributed by atoms with van der Waals surface area (Å²) in [5.74, 6) is -0.174. The van der Waals surface area contributed by atoms with Crippen LogP contribution in [0.1, 0.15) is 5.56 Å². The summed E-state index contributed by atoms with van der Waals surface area (Å²) in [5.41, 5.74) is 6.19. The van der Waals surface area contributed by atoms with Gasteiger partial charge in [-0.15, -0.1) is 25.6 Å². The predicted octanol–water partition coefficient (Wildman–Crippen LogP) is 5.56. The minimum Gasteiger partial charge on any atom is -0.454 e. The summed E-state index contributed by atoms with van der Waals surface area (Å²) >= 11 is 12.1. The molecule has 2 rings (SSSR count). The lowest BCUT2D eigenvalue weighted by Crippen LogP contribution is -2.17. The van der Waals surface area contributed by atoms with Gasteiger partial charge in [-0.1, -0.05) is 29.3 Å². The maximum absolute atomic E-state index is 12.2. The Hall–Kier alpha value is -1.34. The third-order valence-corrected chi connectivity index (χ3v) is 3.11. The highest BCUT2D eigenvalue weighted by molar-refractivity contribution is 6.37. The summed E-state index contributed by atoms with van der Waals surface area (Å²) in [6.07, 6.45) is -4.78. The Labute approximate surface area is 146 Å². The summed E-state index contributed by atoms with van der Waals surface area (Å²) in [4.78, 5) is 0. The molecule has 0 amide bonds. The summed E-state index contributed by atoms with van der Waals surface area (Å²) in [6, 6.07) is 8.18. The van der Waals surface area contributed by atoms with Crippen molar-refractivity contribution < 1.29 is 22.6 Å². The Balaban J connectivity index is 0.00000264. The molecule has 0 bridgehead atoms. The third kappa shape index (κ3) is 5.66. The second-order valence-corrected chi connectivity index (χ2v) is 5.03. The monoisotopic (exact) mass is 387 g/mol. The van der Waals surface area contributed by atoms with E-state index in [0.29, 0.717) is 5.56 Å². The van der Waals surface area contributed by atoms with E-state index in [1.807, 2.05) is 0 Å². The summed E-state index contributed by atoms with van der Waals surface area (Å²) in [6.45, 7) is 0.245. The zero-order valence-electron chi connectivity index (χ0n) is 11.4. The van der Waals surface area contributed by atoms with E-state index in [0.717, 1.165) is 12.1 Å². The molecule has 0 aliphatic carbocycles. The van der Waals surface area contributed by atoms with Gasteiger partial charge in [-0.3, -0.25) is 0 Å². The zero-order valence-corrected chi connectivity index (χ0v) is 13.7. The van der Waals surface area contributed by atoms with E-state index < -0.39 is 12.1 Å². The first kappa shape index (κ1) is 19.7. The lowest BCUT2D eigenvalue weighted by molar-refractivity contribution is -0.274. The fraction of sp³-hybridized carbons (Fsp3) is 0.143. The number of alkyl halides is 3. The molecule has 2 aromatic rings. The number of benzene rings is 2. The molecule has 0 saturated heterocycles. The lowest BCUT2D eigenvalue weighted by atomic mass is 10.2. The molecule has 2 N–H and O–H groups in total. The molecule has 126 valence electrons. The molecule has 23 heavy (non-hydrogen) atoms. The first-order chi connectivity index (χ1) is 10.3. The average molecular weight is 389 g/mol. The summed E-state index contributed by atoms with van der Waals surface area (Å²) in [5, 5.41) is 0.408. The molecule has 2 aromatic carbocycles. The summed E-state index contributed by atoms with van der Waals surface area (Å²) in [7, 11) is 0. The van der Waals surface area contributed by atoms with Gasteiger partial charge in [0.2, 0.25) is 0 Å². The van der Waals surface area contributed by atoms with Gasteiger partial charge in [0.15, 0.2) is 5.75 Å². The first-order valence-corrected chi connectivity index (χ1v) is 6.76. The van der Waals surface area contributed by atoms with E-state index in [2.05, 4.69) is 4.74 Å². The van der Waals surface area contributed by atoms with Crippen LogP contribution in [0.2, 0.25) is 10.0 Å². The van der Waals surface area contributed by atoms with Crippen LogP contribution >= 0.6 is 35.6 Å². The highest BCUT2D eigenvalue weighted by Crippen LogP contribution is 2.38. The molecule has 0 atom stereocenters. The largest absolute Gasteiger partial charge is 0.573 e. The number of hydrogen-bond donors (Lipinski definition) is 1. The molecule has 0 radical (unpaired) electrons. The Morgan fingerprint density at radius 3 is 2.09 bits per heavy atom. The fourth-order valence-corrected chi connectivity index (χ4v) is 2.29. The topological polar surface area (TPSA) is 44.5 Å². The van der Waals surface area contributed by atoms with Gasteiger partial charge < -0.3 is 15.2 Å². The van der Waals surface area contributed by atoms with Crippen molar-refractivity contribution in [1.82, 2.24) is 0 Å². The second-order valence-electron chi connectivity index (χ2n) is 4.22. The van der Waals surface area contributed by atoms with Gasteiger partial charge in [0.25, 0.3) is 0 Å². The lowest BCUT2D eigenvalue weighted by Gasteiger charge is -2.13. The van der Waals surface area contributed by atoms with E-state index in [4.69, 9.17) is 33.7 Å². The van der Waals surface area contributed by atoms with Crippen molar-refractivity contribution in [3.05, 3.63) is 52.0 Å². The minimum absolute atomic E-state index is 0. The van der Waals surface area contributed by atoms with Gasteiger partial charge in [-0.2, -0.15) is 0 Å². The Bertz CT molecular complexity index is 658. The second kappa shape index (κ2) is 7.97. The van der Waals surface area contributed by atoms with Gasteiger partial charge in [0.05, 0.1) is 10.0 Å². The molecule has 0 fully saturated rings. The molecule has 0 unspecified atom stereocenters. The van der Waals surface area contributed by atoms with Gasteiger partial charge >= 0.3 is 6.36 Å². The highest BCUT2D eigenvalue weighted by atomic mass is 35.5. The van der Waals surface area contributed by atoms with E-state index in [-0.39, 0.29) is 40.5 Å². The van der Waals surface area contributed by atoms with Crippen LogP contribution in [0.3, 0.4) is 0 Å². The Morgan fingerprint density at radius 1 is 1.00 bits per heavy atom. The number of ether oxygens (including phenoxy) is 2. The number of rotatable bonds is 4. The Kier molecular flexibility index (Phi) is 6.83. The maximum Gasteiger partial charge on any atom is 0.573 e. The number of halogens is 6. The third-order valence-electron chi connectivity index (χ3n) is 2.55. The molecule has 0 spiro atoms. The quantitative estimate of drug-likeness (QED) is 0.745. The van der Waals surface area contributed by atoms with E-state index in [9.17, 15) is 13.2 Å². The molecular weight excluding hydrogens is 378 g/mol. The molecule has 0 aliphatic rings. The SMILES string of the molecule is Cl.NCc1cc(Cl)c(Oc2cccc(OC(F)(F)F)c2)c(Cl)c1. The first-order valence-electron chi connectivity index (χ1n) is 6.00. The normalized spacial score (nSPS) is 10.9. The molecule has 0 heterocycles. The van der Waals surface area contributed by atoms with Crippen molar-refractivity contribution >= 4 is 35.6 Å². The van der Waals surface area contributed by atoms with Crippen LogP contribution in [0.4, 0.5) is 13.2 Å². The predicted molar refractivity (Wildman–Crippen MR) is 84.8 cm³/mol. The van der Waals surface area contributed by atoms with E-state index >= 15 is 0 Å². The molecule has 3 nitrogen and oxygen atoms in total. The highest BCUT2D eigenvalue weighted by Gasteiger charge is 2.31. The van der Waals surface area contributed by atoms with Crippen LogP contribution in [0, 0.1) is 0 Å². The minimum atomic E-state index is -4.78.